The first-order valence-corrected chi connectivity index (χ1v) is 9.50. The van der Waals surface area contributed by atoms with Crippen LogP contribution < -0.4 is 10.2 Å². The number of nitrogens with zero attached hydrogens (tertiary/aromatic N) is 2. The molecule has 1 N–H and O–H groups in total. The number of aromatic nitrogens is 1. The molecule has 5 nitrogen and oxygen atoms in total. The molecule has 1 aromatic heterocycles. The van der Waals surface area contributed by atoms with Crippen molar-refractivity contribution in [2.24, 2.45) is 5.92 Å². The van der Waals surface area contributed by atoms with E-state index in [1.807, 2.05) is 48.5 Å². The third-order valence-electron chi connectivity index (χ3n) is 4.54. The van der Waals surface area contributed by atoms with Gasteiger partial charge in [-0.05, 0) is 24.3 Å². The van der Waals surface area contributed by atoms with Gasteiger partial charge in [0.25, 0.3) is 0 Å². The van der Waals surface area contributed by atoms with Crippen LogP contribution in [-0.2, 0) is 16.0 Å². The van der Waals surface area contributed by atoms with Crippen LogP contribution in [0.2, 0.25) is 0 Å². The summed E-state index contributed by atoms with van der Waals surface area (Å²) < 4.78 is 1.16. The average Bonchev–Trinajstić information content (AvgIpc) is 3.25. The first-order chi connectivity index (χ1) is 12.7. The van der Waals surface area contributed by atoms with E-state index in [2.05, 4.69) is 16.4 Å². The van der Waals surface area contributed by atoms with Crippen LogP contribution in [0.25, 0.3) is 10.2 Å². The number of fused-ring (bicyclic) bond motifs is 1. The molecule has 0 radical (unpaired) electrons. The Morgan fingerprint density at radius 3 is 2.73 bits per heavy atom. The molecule has 1 saturated heterocycles. The van der Waals surface area contributed by atoms with Crippen LogP contribution in [0.1, 0.15) is 11.4 Å². The third-order valence-corrected chi connectivity index (χ3v) is 5.64. The number of thiazole rings is 1. The fraction of sp³-hybridized carbons (Fsp3) is 0.250. The van der Waals surface area contributed by atoms with Crippen molar-refractivity contribution in [3.8, 4) is 0 Å². The van der Waals surface area contributed by atoms with Crippen LogP contribution in [0.3, 0.4) is 0 Å². The van der Waals surface area contributed by atoms with E-state index in [-0.39, 0.29) is 24.2 Å². The summed E-state index contributed by atoms with van der Waals surface area (Å²) in [6.07, 6.45) is 0.968. The summed E-state index contributed by atoms with van der Waals surface area (Å²) in [4.78, 5) is 30.9. The Bertz CT molecular complexity index is 905. The Morgan fingerprint density at radius 1 is 1.15 bits per heavy atom. The number of nitrogens with one attached hydrogen (secondary N) is 1. The van der Waals surface area contributed by atoms with Crippen LogP contribution in [0.15, 0.2) is 54.6 Å². The van der Waals surface area contributed by atoms with Crippen molar-refractivity contribution >= 4 is 39.1 Å². The highest BCUT2D eigenvalue weighted by Crippen LogP contribution is 2.25. The number of anilines is 1. The molecule has 6 heteroatoms. The van der Waals surface area contributed by atoms with Crippen LogP contribution in [0.5, 0.6) is 0 Å². The van der Waals surface area contributed by atoms with E-state index in [0.29, 0.717) is 19.5 Å². The van der Waals surface area contributed by atoms with Gasteiger partial charge in [0.1, 0.15) is 0 Å². The summed E-state index contributed by atoms with van der Waals surface area (Å²) in [5.74, 6) is -0.349. The smallest absolute Gasteiger partial charge is 0.227 e. The van der Waals surface area contributed by atoms with E-state index in [9.17, 15) is 9.59 Å². The van der Waals surface area contributed by atoms with Crippen molar-refractivity contribution in [1.82, 2.24) is 10.3 Å². The van der Waals surface area contributed by atoms with Crippen LogP contribution >= 0.6 is 11.3 Å². The largest absolute Gasteiger partial charge is 0.355 e. The molecule has 3 aromatic rings. The Morgan fingerprint density at radius 2 is 1.92 bits per heavy atom. The lowest BCUT2D eigenvalue weighted by molar-refractivity contribution is -0.126. The fourth-order valence-electron chi connectivity index (χ4n) is 3.20. The van der Waals surface area contributed by atoms with Gasteiger partial charge in [-0.1, -0.05) is 30.3 Å². The first-order valence-electron chi connectivity index (χ1n) is 8.68. The van der Waals surface area contributed by atoms with Gasteiger partial charge in [-0.3, -0.25) is 9.59 Å². The predicted octanol–water partition coefficient (Wildman–Crippen LogP) is 3.01. The van der Waals surface area contributed by atoms with Gasteiger partial charge in [-0.2, -0.15) is 0 Å². The average molecular weight is 365 g/mol. The molecule has 0 aliphatic carbocycles. The molecular formula is C20H19N3O2S. The highest BCUT2D eigenvalue weighted by atomic mass is 32.1. The molecule has 2 heterocycles. The summed E-state index contributed by atoms with van der Waals surface area (Å²) in [5.41, 5.74) is 1.85. The van der Waals surface area contributed by atoms with Gasteiger partial charge in [0.15, 0.2) is 0 Å². The second kappa shape index (κ2) is 7.25. The standard InChI is InChI=1S/C20H19N3O2S/c24-19-12-14(13-23(19)15-6-2-1-3-7-15)20(25)21-11-10-18-22-16-8-4-5-9-17(16)26-18/h1-9,14H,10-13H2,(H,21,25). The Labute approximate surface area is 155 Å². The molecule has 0 bridgehead atoms. The second-order valence-corrected chi connectivity index (χ2v) is 7.47. The zero-order chi connectivity index (χ0) is 17.9. The topological polar surface area (TPSA) is 62.3 Å². The van der Waals surface area contributed by atoms with Gasteiger partial charge >= 0.3 is 0 Å². The Hall–Kier alpha value is -2.73. The first kappa shape index (κ1) is 16.7. The molecular weight excluding hydrogens is 346 g/mol. The van der Waals surface area contributed by atoms with Crippen molar-refractivity contribution in [2.45, 2.75) is 12.8 Å². The van der Waals surface area contributed by atoms with E-state index in [4.69, 9.17) is 0 Å². The van der Waals surface area contributed by atoms with Crippen molar-refractivity contribution in [1.29, 1.82) is 0 Å². The van der Waals surface area contributed by atoms with E-state index >= 15 is 0 Å². The van der Waals surface area contributed by atoms with E-state index in [1.165, 1.54) is 0 Å². The predicted molar refractivity (Wildman–Crippen MR) is 103 cm³/mol. The van der Waals surface area contributed by atoms with Crippen LogP contribution in [-0.4, -0.2) is 29.9 Å². The number of benzene rings is 2. The molecule has 1 atom stereocenters. The fourth-order valence-corrected chi connectivity index (χ4v) is 4.17. The molecule has 1 aliphatic heterocycles. The maximum atomic E-state index is 12.4. The number of carbonyl (C=O) groups is 2. The van der Waals surface area contributed by atoms with Gasteiger partial charge in [-0.25, -0.2) is 4.98 Å². The Balaban J connectivity index is 1.32. The van der Waals surface area contributed by atoms with Crippen LogP contribution in [0, 0.1) is 5.92 Å². The summed E-state index contributed by atoms with van der Waals surface area (Å²) in [6, 6.07) is 17.5. The van der Waals surface area contributed by atoms with Gasteiger partial charge in [0.05, 0.1) is 21.1 Å². The summed E-state index contributed by atoms with van der Waals surface area (Å²) in [6.45, 7) is 0.977. The van der Waals surface area contributed by atoms with Crippen LogP contribution in [0.4, 0.5) is 5.69 Å². The Kier molecular flexibility index (Phi) is 4.67. The minimum absolute atomic E-state index is 0.00234. The van der Waals surface area contributed by atoms with E-state index < -0.39 is 0 Å². The van der Waals surface area contributed by atoms with Gasteiger partial charge < -0.3 is 10.2 Å². The third kappa shape index (κ3) is 3.46. The molecule has 1 unspecified atom stereocenters. The number of rotatable bonds is 5. The quantitative estimate of drug-likeness (QED) is 0.756. The zero-order valence-corrected chi connectivity index (χ0v) is 15.0. The number of hydrogen-bond donors (Lipinski definition) is 1. The molecule has 4 rings (SSSR count). The summed E-state index contributed by atoms with van der Waals surface area (Å²) >= 11 is 1.65. The highest BCUT2D eigenvalue weighted by molar-refractivity contribution is 7.18. The molecule has 1 aliphatic rings. The zero-order valence-electron chi connectivity index (χ0n) is 14.2. The summed E-state index contributed by atoms with van der Waals surface area (Å²) in [7, 11) is 0. The van der Waals surface area contributed by atoms with E-state index in [1.54, 1.807) is 16.2 Å². The maximum absolute atomic E-state index is 12.4. The van der Waals surface area contributed by atoms with Crippen molar-refractivity contribution in [3.05, 3.63) is 59.6 Å². The van der Waals surface area contributed by atoms with Gasteiger partial charge in [-0.15, -0.1) is 11.3 Å². The van der Waals surface area contributed by atoms with Crippen molar-refractivity contribution in [2.75, 3.05) is 18.0 Å². The van der Waals surface area contributed by atoms with Crippen molar-refractivity contribution in [3.63, 3.8) is 0 Å². The SMILES string of the molecule is O=C(NCCc1nc2ccccc2s1)C1CC(=O)N(c2ccccc2)C1. The minimum Gasteiger partial charge on any atom is -0.355 e. The molecule has 0 spiro atoms. The van der Waals surface area contributed by atoms with E-state index in [0.717, 1.165) is 20.9 Å². The van der Waals surface area contributed by atoms with Gasteiger partial charge in [0, 0.05) is 31.6 Å². The number of hydrogen-bond acceptors (Lipinski definition) is 4. The number of para-hydroxylation sites is 2. The second-order valence-electron chi connectivity index (χ2n) is 6.36. The molecule has 2 aromatic carbocycles. The lowest BCUT2D eigenvalue weighted by Crippen LogP contribution is -2.34. The summed E-state index contributed by atoms with van der Waals surface area (Å²) in [5, 5.41) is 3.97. The molecule has 2 amide bonds. The molecule has 26 heavy (non-hydrogen) atoms. The molecule has 1 fully saturated rings. The lowest BCUT2D eigenvalue weighted by Gasteiger charge is -2.16. The van der Waals surface area contributed by atoms with Gasteiger partial charge in [0.2, 0.25) is 11.8 Å². The van der Waals surface area contributed by atoms with Crippen molar-refractivity contribution < 1.29 is 9.59 Å². The number of carbonyl (C=O) groups excluding carboxylic acids is 2. The highest BCUT2D eigenvalue weighted by Gasteiger charge is 2.34. The molecule has 132 valence electrons. The maximum Gasteiger partial charge on any atom is 0.227 e. The lowest BCUT2D eigenvalue weighted by atomic mass is 10.1. The minimum atomic E-state index is -0.293. The number of amides is 2. The normalized spacial score (nSPS) is 17.0. The monoisotopic (exact) mass is 365 g/mol. The molecule has 0 saturated carbocycles.